The van der Waals surface area contributed by atoms with E-state index in [2.05, 4.69) is 35.6 Å². The average Bonchev–Trinajstić information content (AvgIpc) is 3.27. The van der Waals surface area contributed by atoms with E-state index in [0.717, 1.165) is 26.1 Å². The van der Waals surface area contributed by atoms with Gasteiger partial charge >= 0.3 is 6.09 Å². The van der Waals surface area contributed by atoms with Crippen LogP contribution in [-0.2, 0) is 0 Å². The molecule has 2 aliphatic heterocycles. The molecule has 2 heterocycles. The van der Waals surface area contributed by atoms with Gasteiger partial charge in [-0.1, -0.05) is 41.9 Å². The number of halogens is 1. The van der Waals surface area contributed by atoms with Gasteiger partial charge in [0.15, 0.2) is 0 Å². The second-order valence-corrected chi connectivity index (χ2v) is 8.39. The summed E-state index contributed by atoms with van der Waals surface area (Å²) in [6.45, 7) is 4.45. The molecule has 2 N–H and O–H groups in total. The van der Waals surface area contributed by atoms with Gasteiger partial charge in [0.2, 0.25) is 0 Å². The lowest BCUT2D eigenvalue weighted by Gasteiger charge is -2.22. The fraction of sp³-hybridized carbons (Fsp3) is 0.348. The summed E-state index contributed by atoms with van der Waals surface area (Å²) in [6, 6.07) is 15.0. The monoisotopic (exact) mass is 426 g/mol. The van der Waals surface area contributed by atoms with E-state index in [4.69, 9.17) is 22.1 Å². The number of hydrogen-bond acceptors (Lipinski definition) is 4. The van der Waals surface area contributed by atoms with Gasteiger partial charge in [0, 0.05) is 37.3 Å². The predicted octanol–water partition coefficient (Wildman–Crippen LogP) is 3.44. The van der Waals surface area contributed by atoms with Gasteiger partial charge in [-0.05, 0) is 48.9 Å². The highest BCUT2D eigenvalue weighted by atomic mass is 35.5. The quantitative estimate of drug-likeness (QED) is 0.767. The molecule has 1 unspecified atom stereocenters. The molecular formula is C23H25ClN3O3. The summed E-state index contributed by atoms with van der Waals surface area (Å²) in [4.78, 5) is 28.5. The van der Waals surface area contributed by atoms with Crippen molar-refractivity contribution in [2.75, 3.05) is 32.7 Å². The predicted molar refractivity (Wildman–Crippen MR) is 115 cm³/mol. The van der Waals surface area contributed by atoms with Gasteiger partial charge in [-0.25, -0.2) is 4.79 Å². The Morgan fingerprint density at radius 2 is 1.77 bits per heavy atom. The van der Waals surface area contributed by atoms with Gasteiger partial charge in [0.05, 0.1) is 5.56 Å². The van der Waals surface area contributed by atoms with E-state index >= 15 is 0 Å². The molecule has 4 rings (SSSR count). The third kappa shape index (κ3) is 4.77. The number of ether oxygens (including phenoxy) is 1. The van der Waals surface area contributed by atoms with Crippen molar-refractivity contribution in [3.63, 3.8) is 0 Å². The summed E-state index contributed by atoms with van der Waals surface area (Å²) >= 11 is 5.97. The zero-order valence-electron chi connectivity index (χ0n) is 16.7. The first-order valence-corrected chi connectivity index (χ1v) is 10.5. The van der Waals surface area contributed by atoms with Gasteiger partial charge < -0.3 is 20.3 Å². The molecule has 2 atom stereocenters. The molecule has 6 nitrogen and oxygen atoms in total. The van der Waals surface area contributed by atoms with Crippen LogP contribution < -0.4 is 10.5 Å². The highest BCUT2D eigenvalue weighted by molar-refractivity contribution is 6.30. The second kappa shape index (κ2) is 9.06. The molecule has 2 aromatic rings. The lowest BCUT2D eigenvalue weighted by Crippen LogP contribution is -2.34. The van der Waals surface area contributed by atoms with Crippen LogP contribution in [0.4, 0.5) is 4.79 Å². The maximum atomic E-state index is 13.0. The molecule has 1 radical (unpaired) electrons. The third-order valence-electron chi connectivity index (χ3n) is 5.86. The molecule has 7 heteroatoms. The van der Waals surface area contributed by atoms with Gasteiger partial charge in [-0.3, -0.25) is 4.79 Å². The fourth-order valence-corrected chi connectivity index (χ4v) is 4.64. The van der Waals surface area contributed by atoms with Crippen LogP contribution >= 0.6 is 11.6 Å². The minimum Gasteiger partial charge on any atom is -0.410 e. The highest BCUT2D eigenvalue weighted by Crippen LogP contribution is 2.33. The minimum atomic E-state index is -0.965. The Labute approximate surface area is 181 Å². The SMILES string of the molecule is NC(=O)Oc1cc(Cl)ccc1C(=O)N1CC2CN(CC[CH]c3ccccc3)C[C@H]2C1. The fourth-order valence-electron chi connectivity index (χ4n) is 4.48. The van der Waals surface area contributed by atoms with E-state index < -0.39 is 6.09 Å². The number of primary amides is 1. The molecular weight excluding hydrogens is 402 g/mol. The Morgan fingerprint density at radius 3 is 2.43 bits per heavy atom. The van der Waals surface area contributed by atoms with Crippen molar-refractivity contribution in [3.8, 4) is 5.75 Å². The lowest BCUT2D eigenvalue weighted by atomic mass is 10.0. The first kappa shape index (κ1) is 20.7. The number of nitrogens with two attached hydrogens (primary N) is 1. The summed E-state index contributed by atoms with van der Waals surface area (Å²) < 4.78 is 4.99. The summed E-state index contributed by atoms with van der Waals surface area (Å²) in [5, 5.41) is 0.379. The van der Waals surface area contributed by atoms with E-state index in [9.17, 15) is 9.59 Å². The Balaban J connectivity index is 1.31. The molecule has 2 saturated heterocycles. The third-order valence-corrected chi connectivity index (χ3v) is 6.09. The molecule has 157 valence electrons. The van der Waals surface area contributed by atoms with Crippen LogP contribution in [-0.4, -0.2) is 54.5 Å². The van der Waals surface area contributed by atoms with Gasteiger partial charge in [0.25, 0.3) is 5.91 Å². The van der Waals surface area contributed by atoms with Crippen LogP contribution in [0, 0.1) is 18.3 Å². The Bertz CT molecular complexity index is 907. The molecule has 30 heavy (non-hydrogen) atoms. The van der Waals surface area contributed by atoms with Crippen molar-refractivity contribution in [3.05, 3.63) is 71.1 Å². The topological polar surface area (TPSA) is 75.9 Å². The second-order valence-electron chi connectivity index (χ2n) is 7.95. The van der Waals surface area contributed by atoms with Gasteiger partial charge in [0.1, 0.15) is 5.75 Å². The first-order chi connectivity index (χ1) is 14.5. The summed E-state index contributed by atoms with van der Waals surface area (Å²) in [7, 11) is 0. The van der Waals surface area contributed by atoms with Crippen LogP contribution in [0.1, 0.15) is 22.3 Å². The van der Waals surface area contributed by atoms with Crippen LogP contribution in [0.5, 0.6) is 5.75 Å². The number of hydrogen-bond donors (Lipinski definition) is 1. The molecule has 2 aliphatic rings. The van der Waals surface area contributed by atoms with Crippen molar-refractivity contribution in [1.29, 1.82) is 0 Å². The zero-order valence-corrected chi connectivity index (χ0v) is 17.4. The molecule has 0 spiro atoms. The van der Waals surface area contributed by atoms with Gasteiger partial charge in [-0.2, -0.15) is 0 Å². The van der Waals surface area contributed by atoms with E-state index in [0.29, 0.717) is 35.5 Å². The molecule has 2 aromatic carbocycles. The molecule has 0 aromatic heterocycles. The lowest BCUT2D eigenvalue weighted by molar-refractivity contribution is 0.0771. The van der Waals surface area contributed by atoms with E-state index in [1.165, 1.54) is 11.6 Å². The standard InChI is InChI=1S/C23H25ClN3O3/c24-19-8-9-20(21(11-19)30-23(25)29)22(28)27-14-17-12-26(13-18(17)15-27)10-4-7-16-5-2-1-3-6-16/h1-3,5-9,11,17-18H,4,10,12-15H2,(H2,25,29)/t17-,18?/m0/s1. The smallest absolute Gasteiger partial charge is 0.409 e. The molecule has 0 saturated carbocycles. The molecule has 0 bridgehead atoms. The zero-order chi connectivity index (χ0) is 21.1. The summed E-state index contributed by atoms with van der Waals surface area (Å²) in [5.41, 5.74) is 6.69. The van der Waals surface area contributed by atoms with Crippen molar-refractivity contribution in [2.45, 2.75) is 6.42 Å². The Kier molecular flexibility index (Phi) is 6.25. The Hall–Kier alpha value is -2.57. The van der Waals surface area contributed by atoms with E-state index in [-0.39, 0.29) is 11.7 Å². The number of likely N-dealkylation sites (tertiary alicyclic amines) is 2. The van der Waals surface area contributed by atoms with E-state index in [1.807, 2.05) is 11.0 Å². The Morgan fingerprint density at radius 1 is 1.07 bits per heavy atom. The van der Waals surface area contributed by atoms with Crippen molar-refractivity contribution in [2.24, 2.45) is 17.6 Å². The maximum Gasteiger partial charge on any atom is 0.409 e. The summed E-state index contributed by atoms with van der Waals surface area (Å²) in [6.07, 6.45) is 2.32. The van der Waals surface area contributed by atoms with Crippen LogP contribution in [0.2, 0.25) is 5.02 Å². The molecule has 0 aliphatic carbocycles. The number of nitrogens with zero attached hydrogens (tertiary/aromatic N) is 2. The number of carbonyl (C=O) groups is 2. The molecule has 2 amide bonds. The number of amides is 2. The normalized spacial score (nSPS) is 20.9. The average molecular weight is 427 g/mol. The maximum absolute atomic E-state index is 13.0. The minimum absolute atomic E-state index is 0.107. The van der Waals surface area contributed by atoms with Gasteiger partial charge in [-0.15, -0.1) is 0 Å². The van der Waals surface area contributed by atoms with E-state index in [1.54, 1.807) is 12.1 Å². The van der Waals surface area contributed by atoms with Crippen LogP contribution in [0.25, 0.3) is 0 Å². The number of carbonyl (C=O) groups excluding carboxylic acids is 2. The first-order valence-electron chi connectivity index (χ1n) is 10.2. The number of fused-ring (bicyclic) bond motifs is 1. The van der Waals surface area contributed by atoms with Crippen LogP contribution in [0.15, 0.2) is 48.5 Å². The van der Waals surface area contributed by atoms with Crippen molar-refractivity contribution in [1.82, 2.24) is 9.80 Å². The van der Waals surface area contributed by atoms with Crippen molar-refractivity contribution < 1.29 is 14.3 Å². The van der Waals surface area contributed by atoms with Crippen LogP contribution in [0.3, 0.4) is 0 Å². The largest absolute Gasteiger partial charge is 0.410 e. The summed E-state index contributed by atoms with van der Waals surface area (Å²) in [5.74, 6) is 0.897. The highest BCUT2D eigenvalue weighted by Gasteiger charge is 2.41. The number of benzene rings is 2. The molecule has 2 fully saturated rings. The number of rotatable bonds is 6. The van der Waals surface area contributed by atoms with Crippen molar-refractivity contribution >= 4 is 23.6 Å².